The molecule has 3 nitrogen and oxygen atoms in total. The molecule has 0 saturated heterocycles. The SMILES string of the molecule is Br.CC(=O)Oc1ccc2c(c1)CNC2. The van der Waals surface area contributed by atoms with Crippen LogP contribution >= 0.6 is 17.0 Å². The molecule has 14 heavy (non-hydrogen) atoms. The normalized spacial score (nSPS) is 12.9. The van der Waals surface area contributed by atoms with Gasteiger partial charge in [-0.3, -0.25) is 4.79 Å². The minimum absolute atomic E-state index is 0. The lowest BCUT2D eigenvalue weighted by molar-refractivity contribution is -0.131. The second-order valence-corrected chi connectivity index (χ2v) is 3.13. The lowest BCUT2D eigenvalue weighted by Gasteiger charge is -2.02. The summed E-state index contributed by atoms with van der Waals surface area (Å²) < 4.78 is 4.97. The van der Waals surface area contributed by atoms with Crippen molar-refractivity contribution in [2.24, 2.45) is 0 Å². The lowest BCUT2D eigenvalue weighted by Crippen LogP contribution is -2.01. The highest BCUT2D eigenvalue weighted by atomic mass is 79.9. The van der Waals surface area contributed by atoms with Gasteiger partial charge < -0.3 is 10.1 Å². The topological polar surface area (TPSA) is 38.3 Å². The molecule has 1 aliphatic rings. The average molecular weight is 258 g/mol. The number of carbonyl (C=O) groups is 1. The van der Waals surface area contributed by atoms with E-state index < -0.39 is 0 Å². The van der Waals surface area contributed by atoms with Gasteiger partial charge in [0.05, 0.1) is 0 Å². The Morgan fingerprint density at radius 3 is 2.79 bits per heavy atom. The molecule has 1 heterocycles. The predicted molar refractivity (Wildman–Crippen MR) is 58.6 cm³/mol. The first-order valence-corrected chi connectivity index (χ1v) is 4.26. The Labute approximate surface area is 93.2 Å². The smallest absolute Gasteiger partial charge is 0.308 e. The Hall–Kier alpha value is -0.870. The fourth-order valence-electron chi connectivity index (χ4n) is 1.50. The first-order valence-electron chi connectivity index (χ1n) is 4.26. The van der Waals surface area contributed by atoms with Crippen LogP contribution in [0, 0.1) is 0 Å². The van der Waals surface area contributed by atoms with Gasteiger partial charge in [0.15, 0.2) is 0 Å². The Balaban J connectivity index is 0.000000980. The van der Waals surface area contributed by atoms with Gasteiger partial charge in [-0.1, -0.05) is 6.07 Å². The fraction of sp³-hybridized carbons (Fsp3) is 0.300. The third-order valence-electron chi connectivity index (χ3n) is 2.07. The van der Waals surface area contributed by atoms with E-state index in [-0.39, 0.29) is 23.0 Å². The van der Waals surface area contributed by atoms with Crippen molar-refractivity contribution in [3.05, 3.63) is 29.3 Å². The third kappa shape index (κ3) is 2.33. The number of hydrogen-bond acceptors (Lipinski definition) is 3. The maximum absolute atomic E-state index is 10.7. The molecule has 0 radical (unpaired) electrons. The molecule has 0 bridgehead atoms. The van der Waals surface area contributed by atoms with Crippen molar-refractivity contribution in [3.8, 4) is 5.75 Å². The maximum atomic E-state index is 10.7. The van der Waals surface area contributed by atoms with Crippen molar-refractivity contribution in [1.82, 2.24) is 5.32 Å². The number of esters is 1. The molecule has 0 spiro atoms. The van der Waals surface area contributed by atoms with Gasteiger partial charge >= 0.3 is 5.97 Å². The average Bonchev–Trinajstić information content (AvgIpc) is 2.49. The monoisotopic (exact) mass is 257 g/mol. The molecule has 0 unspecified atom stereocenters. The second kappa shape index (κ2) is 4.57. The Kier molecular flexibility index (Phi) is 3.66. The summed E-state index contributed by atoms with van der Waals surface area (Å²) in [6.07, 6.45) is 0. The van der Waals surface area contributed by atoms with Crippen molar-refractivity contribution in [2.45, 2.75) is 20.0 Å². The van der Waals surface area contributed by atoms with E-state index in [0.29, 0.717) is 5.75 Å². The largest absolute Gasteiger partial charge is 0.427 e. The van der Waals surface area contributed by atoms with Gasteiger partial charge in [-0.25, -0.2) is 0 Å². The van der Waals surface area contributed by atoms with E-state index in [9.17, 15) is 4.79 Å². The summed E-state index contributed by atoms with van der Waals surface area (Å²) in [7, 11) is 0. The highest BCUT2D eigenvalue weighted by Gasteiger charge is 2.10. The summed E-state index contributed by atoms with van der Waals surface area (Å²) in [4.78, 5) is 10.7. The first-order chi connectivity index (χ1) is 6.25. The number of carbonyl (C=O) groups excluding carboxylic acids is 1. The molecule has 0 aliphatic carbocycles. The van der Waals surface area contributed by atoms with Crippen LogP contribution in [-0.4, -0.2) is 5.97 Å². The molecule has 0 fully saturated rings. The molecule has 76 valence electrons. The molecular weight excluding hydrogens is 246 g/mol. The van der Waals surface area contributed by atoms with Crippen molar-refractivity contribution >= 4 is 23.0 Å². The van der Waals surface area contributed by atoms with E-state index in [4.69, 9.17) is 4.74 Å². The van der Waals surface area contributed by atoms with Gasteiger partial charge in [0.1, 0.15) is 5.75 Å². The van der Waals surface area contributed by atoms with Gasteiger partial charge in [-0.15, -0.1) is 17.0 Å². The standard InChI is InChI=1S/C10H11NO2.BrH/c1-7(12)13-10-3-2-8-5-11-6-9(8)4-10;/h2-4,11H,5-6H2,1H3;1H. The highest BCUT2D eigenvalue weighted by molar-refractivity contribution is 8.93. The van der Waals surface area contributed by atoms with E-state index in [0.717, 1.165) is 13.1 Å². The predicted octanol–water partition coefficient (Wildman–Crippen LogP) is 1.79. The summed E-state index contributed by atoms with van der Waals surface area (Å²) in [5, 5.41) is 3.23. The molecule has 2 rings (SSSR count). The summed E-state index contributed by atoms with van der Waals surface area (Å²) in [5.74, 6) is 0.362. The molecule has 1 aromatic rings. The molecule has 1 aliphatic heterocycles. The second-order valence-electron chi connectivity index (χ2n) is 3.13. The Morgan fingerprint density at radius 1 is 1.36 bits per heavy atom. The van der Waals surface area contributed by atoms with Crippen molar-refractivity contribution in [1.29, 1.82) is 0 Å². The molecule has 1 N–H and O–H groups in total. The van der Waals surface area contributed by atoms with Crippen LogP contribution in [0.15, 0.2) is 18.2 Å². The first kappa shape index (κ1) is 11.2. The van der Waals surface area contributed by atoms with E-state index in [2.05, 4.69) is 5.32 Å². The molecule has 0 aromatic heterocycles. The summed E-state index contributed by atoms with van der Waals surface area (Å²) in [6, 6.07) is 5.73. The number of ether oxygens (including phenoxy) is 1. The highest BCUT2D eigenvalue weighted by Crippen LogP contribution is 2.21. The van der Waals surface area contributed by atoms with Crippen LogP contribution in [0.4, 0.5) is 0 Å². The van der Waals surface area contributed by atoms with Crippen molar-refractivity contribution in [2.75, 3.05) is 0 Å². The van der Waals surface area contributed by atoms with Crippen LogP contribution in [0.25, 0.3) is 0 Å². The molecule has 4 heteroatoms. The van der Waals surface area contributed by atoms with Crippen LogP contribution in [0.1, 0.15) is 18.1 Å². The molecular formula is C10H12BrNO2. The van der Waals surface area contributed by atoms with Gasteiger partial charge in [0, 0.05) is 20.0 Å². The zero-order chi connectivity index (χ0) is 9.26. The zero-order valence-corrected chi connectivity index (χ0v) is 9.58. The van der Waals surface area contributed by atoms with Gasteiger partial charge in [0.25, 0.3) is 0 Å². The molecule has 0 saturated carbocycles. The fourth-order valence-corrected chi connectivity index (χ4v) is 1.50. The number of fused-ring (bicyclic) bond motifs is 1. The van der Waals surface area contributed by atoms with E-state index in [1.54, 1.807) is 0 Å². The third-order valence-corrected chi connectivity index (χ3v) is 2.07. The zero-order valence-electron chi connectivity index (χ0n) is 7.87. The van der Waals surface area contributed by atoms with Crippen molar-refractivity contribution < 1.29 is 9.53 Å². The van der Waals surface area contributed by atoms with Crippen LogP contribution < -0.4 is 10.1 Å². The quantitative estimate of drug-likeness (QED) is 0.616. The summed E-state index contributed by atoms with van der Waals surface area (Å²) in [6.45, 7) is 3.19. The maximum Gasteiger partial charge on any atom is 0.308 e. The van der Waals surface area contributed by atoms with Crippen LogP contribution in [-0.2, 0) is 17.9 Å². The molecule has 0 atom stereocenters. The van der Waals surface area contributed by atoms with Crippen LogP contribution in [0.2, 0.25) is 0 Å². The minimum atomic E-state index is -0.272. The summed E-state index contributed by atoms with van der Waals surface area (Å²) in [5.41, 5.74) is 2.51. The van der Waals surface area contributed by atoms with Gasteiger partial charge in [-0.2, -0.15) is 0 Å². The Morgan fingerprint density at radius 2 is 2.07 bits per heavy atom. The summed E-state index contributed by atoms with van der Waals surface area (Å²) >= 11 is 0. The lowest BCUT2D eigenvalue weighted by atomic mass is 10.1. The number of benzene rings is 1. The van der Waals surface area contributed by atoms with E-state index >= 15 is 0 Å². The van der Waals surface area contributed by atoms with Crippen LogP contribution in [0.5, 0.6) is 5.75 Å². The number of nitrogens with one attached hydrogen (secondary N) is 1. The van der Waals surface area contributed by atoms with Crippen LogP contribution in [0.3, 0.4) is 0 Å². The minimum Gasteiger partial charge on any atom is -0.427 e. The Bertz CT molecular complexity index is 352. The van der Waals surface area contributed by atoms with E-state index in [1.807, 2.05) is 18.2 Å². The molecule has 0 amide bonds. The number of hydrogen-bond donors (Lipinski definition) is 1. The van der Waals surface area contributed by atoms with Gasteiger partial charge in [0.2, 0.25) is 0 Å². The number of halogens is 1. The number of rotatable bonds is 1. The molecule has 1 aromatic carbocycles. The van der Waals surface area contributed by atoms with E-state index in [1.165, 1.54) is 18.1 Å². The van der Waals surface area contributed by atoms with Crippen molar-refractivity contribution in [3.63, 3.8) is 0 Å². The van der Waals surface area contributed by atoms with Gasteiger partial charge in [-0.05, 0) is 23.3 Å².